The molecule has 0 saturated heterocycles. The lowest BCUT2D eigenvalue weighted by Crippen LogP contribution is -2.23. The van der Waals surface area contributed by atoms with E-state index in [-0.39, 0.29) is 27.1 Å². The van der Waals surface area contributed by atoms with E-state index in [1.54, 1.807) is 6.07 Å². The van der Waals surface area contributed by atoms with Crippen LogP contribution in [0.15, 0.2) is 53.4 Å². The molecule has 11 heteroatoms. The van der Waals surface area contributed by atoms with Crippen molar-refractivity contribution in [3.63, 3.8) is 0 Å². The maximum absolute atomic E-state index is 13.6. The first-order valence-electron chi connectivity index (χ1n) is 7.91. The predicted octanol–water partition coefficient (Wildman–Crippen LogP) is 2.42. The van der Waals surface area contributed by atoms with E-state index in [1.165, 1.54) is 49.6 Å². The van der Waals surface area contributed by atoms with Crippen molar-refractivity contribution in [1.82, 2.24) is 14.9 Å². The first-order valence-corrected chi connectivity index (χ1v) is 10.2. The van der Waals surface area contributed by atoms with Crippen molar-refractivity contribution in [2.75, 3.05) is 12.4 Å². The minimum Gasteiger partial charge on any atom is -0.497 e. The van der Waals surface area contributed by atoms with Gasteiger partial charge in [0.2, 0.25) is 15.0 Å². The molecule has 0 atom stereocenters. The quantitative estimate of drug-likeness (QED) is 0.605. The molecule has 0 unspecified atom stereocenters. The zero-order valence-electron chi connectivity index (χ0n) is 14.5. The van der Waals surface area contributed by atoms with Crippen LogP contribution in [0.1, 0.15) is 14.8 Å². The molecule has 0 aliphatic heterocycles. The number of carbonyl (C=O) groups is 1. The number of anilines is 1. The number of hydrogen-bond acceptors (Lipinski definition) is 7. The predicted molar refractivity (Wildman–Crippen MR) is 101 cm³/mol. The van der Waals surface area contributed by atoms with Crippen molar-refractivity contribution < 1.29 is 22.3 Å². The highest BCUT2D eigenvalue weighted by molar-refractivity contribution is 7.89. The number of aromatic nitrogens is 2. The van der Waals surface area contributed by atoms with Gasteiger partial charge in [0.15, 0.2) is 0 Å². The molecule has 0 bridgehead atoms. The number of halogens is 1. The standard InChI is InChI=1S/C17H15FN4O4S2/c1-26-11-6-8-12(9-7-11)28(24,25)19-10-15-21-22-17(27-15)16(23)20-14-5-3-2-4-13(14)18/h2-9,19H,10H2,1H3,(H,20,23). The number of nitrogens with one attached hydrogen (secondary N) is 2. The van der Waals surface area contributed by atoms with Crippen LogP contribution in [-0.2, 0) is 16.6 Å². The van der Waals surface area contributed by atoms with E-state index in [2.05, 4.69) is 20.2 Å². The number of para-hydroxylation sites is 1. The molecule has 2 N–H and O–H groups in total. The largest absolute Gasteiger partial charge is 0.497 e. The summed E-state index contributed by atoms with van der Waals surface area (Å²) in [4.78, 5) is 12.2. The van der Waals surface area contributed by atoms with Crippen molar-refractivity contribution in [3.8, 4) is 5.75 Å². The molecule has 3 rings (SSSR count). The van der Waals surface area contributed by atoms with Gasteiger partial charge in [0, 0.05) is 0 Å². The fourth-order valence-electron chi connectivity index (χ4n) is 2.15. The van der Waals surface area contributed by atoms with E-state index in [4.69, 9.17) is 4.74 Å². The monoisotopic (exact) mass is 422 g/mol. The van der Waals surface area contributed by atoms with Crippen molar-refractivity contribution in [2.45, 2.75) is 11.4 Å². The molecule has 0 aliphatic rings. The van der Waals surface area contributed by atoms with Crippen LogP contribution in [0.5, 0.6) is 5.75 Å². The molecule has 8 nitrogen and oxygen atoms in total. The first kappa shape index (κ1) is 19.9. The average Bonchev–Trinajstić information content (AvgIpc) is 3.18. The molecule has 0 spiro atoms. The van der Waals surface area contributed by atoms with E-state index in [0.717, 1.165) is 11.3 Å². The molecule has 0 radical (unpaired) electrons. The second-order valence-corrected chi connectivity index (χ2v) is 8.26. The average molecular weight is 422 g/mol. The first-order chi connectivity index (χ1) is 13.4. The molecule has 28 heavy (non-hydrogen) atoms. The highest BCUT2D eigenvalue weighted by Gasteiger charge is 2.18. The number of ether oxygens (including phenoxy) is 1. The van der Waals surface area contributed by atoms with Gasteiger partial charge in [-0.15, -0.1) is 10.2 Å². The van der Waals surface area contributed by atoms with E-state index >= 15 is 0 Å². The van der Waals surface area contributed by atoms with Gasteiger partial charge in [0.25, 0.3) is 5.91 Å². The molecule has 1 heterocycles. The molecule has 146 valence electrons. The Labute approximate surface area is 164 Å². The van der Waals surface area contributed by atoms with E-state index in [9.17, 15) is 17.6 Å². The van der Waals surface area contributed by atoms with Crippen LogP contribution < -0.4 is 14.8 Å². The number of carbonyl (C=O) groups excluding carboxylic acids is 1. The lowest BCUT2D eigenvalue weighted by molar-refractivity contribution is 0.102. The second kappa shape index (κ2) is 8.42. The van der Waals surface area contributed by atoms with Crippen molar-refractivity contribution in [2.24, 2.45) is 0 Å². The summed E-state index contributed by atoms with van der Waals surface area (Å²) in [7, 11) is -2.28. The Morgan fingerprint density at radius 3 is 2.54 bits per heavy atom. The van der Waals surface area contributed by atoms with Crippen LogP contribution in [0.3, 0.4) is 0 Å². The fraction of sp³-hybridized carbons (Fsp3) is 0.118. The smallest absolute Gasteiger partial charge is 0.286 e. The third-order valence-electron chi connectivity index (χ3n) is 3.57. The zero-order valence-corrected chi connectivity index (χ0v) is 16.2. The van der Waals surface area contributed by atoms with Gasteiger partial charge in [-0.3, -0.25) is 4.79 Å². The molecular formula is C17H15FN4O4S2. The molecule has 1 amide bonds. The van der Waals surface area contributed by atoms with E-state index in [1.807, 2.05) is 0 Å². The summed E-state index contributed by atoms with van der Waals surface area (Å²) in [5.41, 5.74) is 0.0180. The van der Waals surface area contributed by atoms with Crippen LogP contribution in [0.4, 0.5) is 10.1 Å². The molecule has 1 aromatic heterocycles. The van der Waals surface area contributed by atoms with Gasteiger partial charge in [0.05, 0.1) is 24.2 Å². The highest BCUT2D eigenvalue weighted by Crippen LogP contribution is 2.18. The minimum absolute atomic E-state index is 0.0121. The Morgan fingerprint density at radius 2 is 1.86 bits per heavy atom. The van der Waals surface area contributed by atoms with Gasteiger partial charge in [-0.05, 0) is 36.4 Å². The molecule has 0 fully saturated rings. The molecule has 0 saturated carbocycles. The zero-order chi connectivity index (χ0) is 20.1. The summed E-state index contributed by atoms with van der Waals surface area (Å²) in [5.74, 6) is -0.673. The van der Waals surface area contributed by atoms with Gasteiger partial charge in [-0.1, -0.05) is 23.5 Å². The number of sulfonamides is 1. The third-order valence-corrected chi connectivity index (χ3v) is 5.91. The highest BCUT2D eigenvalue weighted by atomic mass is 32.2. The van der Waals surface area contributed by atoms with Crippen LogP contribution in [0.2, 0.25) is 0 Å². The van der Waals surface area contributed by atoms with Gasteiger partial charge in [-0.25, -0.2) is 17.5 Å². The normalized spacial score (nSPS) is 11.2. The number of nitrogens with zero attached hydrogens (tertiary/aromatic N) is 2. The Balaban J connectivity index is 1.64. The van der Waals surface area contributed by atoms with Crippen LogP contribution in [-0.4, -0.2) is 31.6 Å². The molecular weight excluding hydrogens is 407 g/mol. The number of methoxy groups -OCH3 is 1. The minimum atomic E-state index is -3.77. The SMILES string of the molecule is COc1ccc(S(=O)(=O)NCc2nnc(C(=O)Nc3ccccc3F)s2)cc1. The van der Waals surface area contributed by atoms with E-state index in [0.29, 0.717) is 5.75 Å². The molecule has 3 aromatic rings. The lowest BCUT2D eigenvalue weighted by Gasteiger charge is -2.06. The number of rotatable bonds is 7. The van der Waals surface area contributed by atoms with Crippen LogP contribution in [0.25, 0.3) is 0 Å². The van der Waals surface area contributed by atoms with Crippen molar-refractivity contribution in [1.29, 1.82) is 0 Å². The van der Waals surface area contributed by atoms with Crippen molar-refractivity contribution >= 4 is 33.0 Å². The number of hydrogen-bond donors (Lipinski definition) is 2. The molecule has 0 aliphatic carbocycles. The maximum Gasteiger partial charge on any atom is 0.286 e. The van der Waals surface area contributed by atoms with E-state index < -0.39 is 21.7 Å². The lowest BCUT2D eigenvalue weighted by atomic mass is 10.3. The topological polar surface area (TPSA) is 110 Å². The number of amides is 1. The summed E-state index contributed by atoms with van der Waals surface area (Å²) in [6.45, 7) is -0.140. The Kier molecular flexibility index (Phi) is 5.97. The van der Waals surface area contributed by atoms with Crippen LogP contribution in [0, 0.1) is 5.82 Å². The molecule has 2 aromatic carbocycles. The Hall–Kier alpha value is -2.89. The second-order valence-electron chi connectivity index (χ2n) is 5.44. The number of benzene rings is 2. The summed E-state index contributed by atoms with van der Waals surface area (Å²) < 4.78 is 45.6. The summed E-state index contributed by atoms with van der Waals surface area (Å²) in [6.07, 6.45) is 0. The summed E-state index contributed by atoms with van der Waals surface area (Å²) >= 11 is 0.904. The van der Waals surface area contributed by atoms with Gasteiger partial charge in [0.1, 0.15) is 16.6 Å². The van der Waals surface area contributed by atoms with Gasteiger partial charge in [-0.2, -0.15) is 0 Å². The Morgan fingerprint density at radius 1 is 1.14 bits per heavy atom. The van der Waals surface area contributed by atoms with Crippen molar-refractivity contribution in [3.05, 3.63) is 64.4 Å². The maximum atomic E-state index is 13.6. The summed E-state index contributed by atoms with van der Waals surface area (Å²) in [5, 5.41) is 10.2. The third kappa shape index (κ3) is 4.68. The van der Waals surface area contributed by atoms with Gasteiger partial charge >= 0.3 is 0 Å². The Bertz CT molecular complexity index is 1080. The van der Waals surface area contributed by atoms with Crippen LogP contribution >= 0.6 is 11.3 Å². The fourth-order valence-corrected chi connectivity index (χ4v) is 3.90. The summed E-state index contributed by atoms with van der Waals surface area (Å²) in [6, 6.07) is 11.6. The van der Waals surface area contributed by atoms with Gasteiger partial charge < -0.3 is 10.1 Å².